The van der Waals surface area contributed by atoms with E-state index in [2.05, 4.69) is 48.8 Å². The summed E-state index contributed by atoms with van der Waals surface area (Å²) in [6.45, 7) is 24.5. The number of piperazine rings is 1. The lowest BCUT2D eigenvalue weighted by atomic mass is 10.1. The highest BCUT2D eigenvalue weighted by atomic mass is 35.5. The Morgan fingerprint density at radius 3 is 2.37 bits per heavy atom. The monoisotopic (exact) mass is 720 g/mol. The predicted molar refractivity (Wildman–Crippen MR) is 191 cm³/mol. The van der Waals surface area contributed by atoms with E-state index in [4.69, 9.17) is 30.5 Å². The molecular weight excluding hydrogens is 671 g/mol. The van der Waals surface area contributed by atoms with Crippen molar-refractivity contribution in [3.63, 3.8) is 0 Å². The minimum absolute atomic E-state index is 0.0328. The molecule has 0 bridgehead atoms. The Kier molecular flexibility index (Phi) is 11.4. The number of aromatic nitrogens is 4. The highest BCUT2D eigenvalue weighted by molar-refractivity contribution is 6.73. The highest BCUT2D eigenvalue weighted by Crippen LogP contribution is 2.37. The first kappa shape index (κ1) is 38.5. The van der Waals surface area contributed by atoms with Crippen LogP contribution in [0.3, 0.4) is 0 Å². The van der Waals surface area contributed by atoms with Gasteiger partial charge in [0.2, 0.25) is 8.32 Å². The number of ether oxygens (including phenoxy) is 2. The van der Waals surface area contributed by atoms with Crippen LogP contribution in [0.1, 0.15) is 80.8 Å². The molecule has 12 nitrogen and oxygen atoms in total. The summed E-state index contributed by atoms with van der Waals surface area (Å²) in [6.07, 6.45) is 1.17. The van der Waals surface area contributed by atoms with Gasteiger partial charge in [0.25, 0.3) is 0 Å². The molecule has 2 atom stereocenters. The van der Waals surface area contributed by atoms with E-state index in [-0.39, 0.29) is 53.1 Å². The number of carbonyl (C=O) groups excluding carboxylic acids is 1. The molecule has 0 N–H and O–H groups in total. The van der Waals surface area contributed by atoms with Gasteiger partial charge in [-0.3, -0.25) is 9.56 Å². The van der Waals surface area contributed by atoms with Crippen molar-refractivity contribution in [1.29, 1.82) is 0 Å². The van der Waals surface area contributed by atoms with Gasteiger partial charge >= 0.3 is 11.8 Å². The fourth-order valence-electron chi connectivity index (χ4n) is 5.22. The molecule has 3 aromatic rings. The van der Waals surface area contributed by atoms with E-state index >= 15 is 4.39 Å². The van der Waals surface area contributed by atoms with Gasteiger partial charge < -0.3 is 19.3 Å². The third-order valence-corrected chi connectivity index (χ3v) is 13.2. The van der Waals surface area contributed by atoms with Crippen molar-refractivity contribution in [1.82, 2.24) is 24.4 Å². The Hall–Kier alpha value is -3.33. The first-order valence-electron chi connectivity index (χ1n) is 16.6. The van der Waals surface area contributed by atoms with Crippen LogP contribution in [0.25, 0.3) is 16.7 Å². The first-order valence-corrected chi connectivity index (χ1v) is 19.9. The van der Waals surface area contributed by atoms with Crippen LogP contribution in [0.15, 0.2) is 23.1 Å². The minimum Gasteiger partial charge on any atom is -0.489 e. The van der Waals surface area contributed by atoms with E-state index in [1.54, 1.807) is 17.2 Å². The third kappa shape index (κ3) is 8.52. The van der Waals surface area contributed by atoms with Crippen molar-refractivity contribution in [2.24, 2.45) is 0 Å². The van der Waals surface area contributed by atoms with Gasteiger partial charge in [-0.15, -0.1) is 0 Å². The maximum absolute atomic E-state index is 15.2. The van der Waals surface area contributed by atoms with Gasteiger partial charge in [0.05, 0.1) is 11.1 Å². The quantitative estimate of drug-likeness (QED) is 0.0734. The number of anilines is 1. The maximum atomic E-state index is 15.2. The fraction of sp³-hybridized carbons (Fsp3) is 0.618. The summed E-state index contributed by atoms with van der Waals surface area (Å²) in [7, 11) is -2.14. The van der Waals surface area contributed by atoms with Crippen molar-refractivity contribution in [2.75, 3.05) is 31.2 Å². The van der Waals surface area contributed by atoms with Crippen LogP contribution < -0.4 is 15.3 Å². The molecule has 0 spiro atoms. The molecule has 15 heteroatoms. The van der Waals surface area contributed by atoms with Crippen LogP contribution in [-0.4, -0.2) is 82.8 Å². The maximum Gasteiger partial charge on any atom is 0.410 e. The van der Waals surface area contributed by atoms with Crippen LogP contribution in [-0.2, 0) is 14.2 Å². The second-order valence-electron chi connectivity index (χ2n) is 15.4. The minimum atomic E-state index is -2.14. The van der Waals surface area contributed by atoms with Crippen molar-refractivity contribution in [3.8, 4) is 11.4 Å². The SMILES string of the molecule is CC(C)c1nccc(OCCOO[Si](C)(C)C(C)(C)C)c1-n1c(=O)nc(N2C[C@@H](C)N(C(=O)OC(C)(C)C)C[C@@H]2C)c2cc(F)c(Cl)nc21. The van der Waals surface area contributed by atoms with Crippen LogP contribution >= 0.6 is 11.6 Å². The van der Waals surface area contributed by atoms with Crippen LogP contribution in [0.2, 0.25) is 23.3 Å². The van der Waals surface area contributed by atoms with Gasteiger partial charge in [-0.25, -0.2) is 28.4 Å². The average molecular weight is 721 g/mol. The number of pyridine rings is 2. The zero-order valence-electron chi connectivity index (χ0n) is 30.7. The predicted octanol–water partition coefficient (Wildman–Crippen LogP) is 7.26. The largest absolute Gasteiger partial charge is 0.489 e. The number of carbonyl (C=O) groups is 1. The van der Waals surface area contributed by atoms with E-state index in [0.29, 0.717) is 30.2 Å². The van der Waals surface area contributed by atoms with E-state index in [0.717, 1.165) is 0 Å². The molecule has 1 saturated heterocycles. The second kappa shape index (κ2) is 14.5. The van der Waals surface area contributed by atoms with Gasteiger partial charge in [0.15, 0.2) is 16.6 Å². The lowest BCUT2D eigenvalue weighted by Crippen LogP contribution is -2.59. The Morgan fingerprint density at radius 1 is 1.08 bits per heavy atom. The van der Waals surface area contributed by atoms with E-state index in [1.165, 1.54) is 10.6 Å². The Bertz CT molecular complexity index is 1740. The molecule has 3 aromatic heterocycles. The standard InChI is InChI=1S/C34H50ClFN6O6Si/c1-20(2)26-27(25(13-14-37-26)45-15-16-46-48-49(11,12)34(8,9)10)42-30-23(17-24(36)28(35)38-30)29(39-31(42)43)40-18-22(4)41(19-21(40)3)32(44)47-33(5,6)7/h13-14,17,20-22H,15-16,18-19H2,1-12H3/t21-,22+/m0/s1. The van der Waals surface area contributed by atoms with Crippen molar-refractivity contribution < 1.29 is 28.1 Å². The van der Waals surface area contributed by atoms with Crippen molar-refractivity contribution in [2.45, 2.75) is 111 Å². The number of amides is 1. The Morgan fingerprint density at radius 2 is 1.76 bits per heavy atom. The molecule has 0 unspecified atom stereocenters. The summed E-state index contributed by atoms with van der Waals surface area (Å²) in [5.74, 6) is -0.337. The van der Waals surface area contributed by atoms with Crippen LogP contribution in [0.5, 0.6) is 5.75 Å². The molecular formula is C34H50ClFN6O6Si. The normalized spacial score (nSPS) is 17.6. The van der Waals surface area contributed by atoms with Gasteiger partial charge in [-0.05, 0) is 64.7 Å². The molecule has 1 fully saturated rings. The number of rotatable bonds is 9. The molecule has 270 valence electrons. The van der Waals surface area contributed by atoms with E-state index in [9.17, 15) is 9.59 Å². The van der Waals surface area contributed by atoms with Crippen molar-refractivity contribution in [3.05, 3.63) is 45.5 Å². The molecule has 1 aliphatic heterocycles. The number of hydrogen-bond acceptors (Lipinski definition) is 10. The molecule has 0 aromatic carbocycles. The Balaban J connectivity index is 1.76. The number of fused-ring (bicyclic) bond motifs is 1. The van der Waals surface area contributed by atoms with E-state index < -0.39 is 36.7 Å². The van der Waals surface area contributed by atoms with Crippen LogP contribution in [0.4, 0.5) is 15.0 Å². The average Bonchev–Trinajstić information content (AvgIpc) is 2.97. The van der Waals surface area contributed by atoms with E-state index in [1.807, 2.05) is 53.4 Å². The number of hydrogen-bond donors (Lipinski definition) is 0. The Labute approximate surface area is 293 Å². The zero-order chi connectivity index (χ0) is 36.6. The molecule has 0 aliphatic carbocycles. The summed E-state index contributed by atoms with van der Waals surface area (Å²) in [4.78, 5) is 49.7. The van der Waals surface area contributed by atoms with Crippen molar-refractivity contribution >= 4 is 42.9 Å². The summed E-state index contributed by atoms with van der Waals surface area (Å²) in [5.41, 5.74) is -0.373. The molecule has 4 heterocycles. The molecule has 1 aliphatic rings. The lowest BCUT2D eigenvalue weighted by molar-refractivity contribution is -0.224. The molecule has 1 amide bonds. The summed E-state index contributed by atoms with van der Waals surface area (Å²) >= 11 is 6.26. The molecule has 0 radical (unpaired) electrons. The summed E-state index contributed by atoms with van der Waals surface area (Å²) in [5, 5.41) is -0.168. The van der Waals surface area contributed by atoms with Gasteiger partial charge in [0.1, 0.15) is 36.1 Å². The fourth-order valence-corrected chi connectivity index (χ4v) is 5.98. The number of nitrogens with zero attached hydrogens (tertiary/aromatic N) is 6. The molecule has 49 heavy (non-hydrogen) atoms. The topological polar surface area (TPSA) is 121 Å². The molecule has 4 rings (SSSR count). The van der Waals surface area contributed by atoms with Gasteiger partial charge in [-0.1, -0.05) is 46.2 Å². The van der Waals surface area contributed by atoms with Gasteiger partial charge in [0, 0.05) is 37.4 Å². The lowest BCUT2D eigenvalue weighted by Gasteiger charge is -2.44. The summed E-state index contributed by atoms with van der Waals surface area (Å²) in [6, 6.07) is 2.28. The zero-order valence-corrected chi connectivity index (χ0v) is 32.4. The summed E-state index contributed by atoms with van der Waals surface area (Å²) < 4.78 is 34.1. The van der Waals surface area contributed by atoms with Gasteiger partial charge in [-0.2, -0.15) is 4.98 Å². The third-order valence-electron chi connectivity index (χ3n) is 8.83. The smallest absolute Gasteiger partial charge is 0.410 e. The second-order valence-corrected chi connectivity index (χ2v) is 20.4. The first-order chi connectivity index (χ1) is 22.6. The highest BCUT2D eigenvalue weighted by Gasteiger charge is 2.39. The number of halogens is 2. The molecule has 0 saturated carbocycles. The van der Waals surface area contributed by atoms with Crippen LogP contribution in [0, 0.1) is 5.82 Å².